The summed E-state index contributed by atoms with van der Waals surface area (Å²) in [6, 6.07) is 41.9. The summed E-state index contributed by atoms with van der Waals surface area (Å²) in [5, 5.41) is 1.14. The van der Waals surface area contributed by atoms with Crippen LogP contribution in [0.5, 0.6) is 0 Å². The average Bonchev–Trinajstić information content (AvgIpc) is 3.49. The van der Waals surface area contributed by atoms with E-state index in [0.29, 0.717) is 0 Å². The molecule has 0 radical (unpaired) electrons. The maximum atomic E-state index is 6.86. The summed E-state index contributed by atoms with van der Waals surface area (Å²) in [7, 11) is 0. The summed E-state index contributed by atoms with van der Waals surface area (Å²) < 4.78 is 2.14. The van der Waals surface area contributed by atoms with Gasteiger partial charge in [0.05, 0.1) is 17.7 Å². The van der Waals surface area contributed by atoms with Crippen LogP contribution in [0.4, 0.5) is 17.3 Å². The molecule has 0 unspecified atom stereocenters. The number of fused-ring (bicyclic) bond motifs is 2. The van der Waals surface area contributed by atoms with Crippen molar-refractivity contribution in [1.82, 2.24) is 9.55 Å². The Bertz CT molecular complexity index is 1780. The van der Waals surface area contributed by atoms with E-state index in [1.54, 1.807) is 0 Å². The molecule has 0 amide bonds. The summed E-state index contributed by atoms with van der Waals surface area (Å²) in [5.41, 5.74) is 15.9. The van der Waals surface area contributed by atoms with Crippen LogP contribution in [-0.4, -0.2) is 16.1 Å². The lowest BCUT2D eigenvalue weighted by Gasteiger charge is -2.18. The standard InChI is InChI=1S/C34H26N4/c35-34-30(29-16-8-10-18-32(29)38(34)27-13-5-2-6-14-27)21-26-23-37(31-17-9-7-15-28(26)31)33-20-19-25(22-36-33)24-11-3-1-4-12-24/h1-22H,23,35H2/b26-21+. The summed E-state index contributed by atoms with van der Waals surface area (Å²) in [6.07, 6.45) is 4.22. The molecular weight excluding hydrogens is 464 g/mol. The predicted molar refractivity (Wildman–Crippen MR) is 159 cm³/mol. The Balaban J connectivity index is 1.32. The van der Waals surface area contributed by atoms with Gasteiger partial charge in [0, 0.05) is 34.0 Å². The summed E-state index contributed by atoms with van der Waals surface area (Å²) in [5.74, 6) is 1.67. The molecule has 4 nitrogen and oxygen atoms in total. The zero-order valence-electron chi connectivity index (χ0n) is 20.8. The van der Waals surface area contributed by atoms with Gasteiger partial charge in [0.2, 0.25) is 0 Å². The molecule has 0 aliphatic carbocycles. The summed E-state index contributed by atoms with van der Waals surface area (Å²) >= 11 is 0. The first-order chi connectivity index (χ1) is 18.8. The third kappa shape index (κ3) is 3.66. The molecule has 38 heavy (non-hydrogen) atoms. The van der Waals surface area contributed by atoms with Crippen LogP contribution in [0, 0.1) is 0 Å². The molecule has 6 aromatic rings. The Morgan fingerprint density at radius 1 is 0.684 bits per heavy atom. The molecule has 0 saturated carbocycles. The maximum Gasteiger partial charge on any atom is 0.133 e. The Morgan fingerprint density at radius 2 is 1.39 bits per heavy atom. The molecule has 1 aliphatic rings. The van der Waals surface area contributed by atoms with Crippen molar-refractivity contribution >= 4 is 39.9 Å². The van der Waals surface area contributed by atoms with E-state index >= 15 is 0 Å². The van der Waals surface area contributed by atoms with Crippen LogP contribution < -0.4 is 10.6 Å². The van der Waals surface area contributed by atoms with Crippen molar-refractivity contribution in [2.75, 3.05) is 17.2 Å². The fraction of sp³-hybridized carbons (Fsp3) is 0.0294. The number of anilines is 3. The minimum Gasteiger partial charge on any atom is -0.384 e. The lowest BCUT2D eigenvalue weighted by molar-refractivity contribution is 1.09. The number of hydrogen-bond acceptors (Lipinski definition) is 3. The first kappa shape index (κ1) is 22.1. The van der Waals surface area contributed by atoms with Crippen molar-refractivity contribution in [2.45, 2.75) is 0 Å². The van der Waals surface area contributed by atoms with Gasteiger partial charge in [-0.15, -0.1) is 0 Å². The van der Waals surface area contributed by atoms with Crippen LogP contribution in [0.1, 0.15) is 11.1 Å². The van der Waals surface area contributed by atoms with Crippen molar-refractivity contribution < 1.29 is 0 Å². The lowest BCUT2D eigenvalue weighted by Crippen LogP contribution is -2.14. The highest BCUT2D eigenvalue weighted by Crippen LogP contribution is 2.42. The van der Waals surface area contributed by atoms with Gasteiger partial charge in [0.15, 0.2) is 0 Å². The predicted octanol–water partition coefficient (Wildman–Crippen LogP) is 7.97. The van der Waals surface area contributed by atoms with Crippen LogP contribution in [0.3, 0.4) is 0 Å². The van der Waals surface area contributed by atoms with Crippen LogP contribution in [0.2, 0.25) is 0 Å². The lowest BCUT2D eigenvalue weighted by atomic mass is 10.0. The second-order valence-electron chi connectivity index (χ2n) is 9.53. The molecular formula is C34H26N4. The fourth-order valence-corrected chi connectivity index (χ4v) is 5.46. The van der Waals surface area contributed by atoms with Gasteiger partial charge in [-0.2, -0.15) is 0 Å². The zero-order chi connectivity index (χ0) is 25.5. The van der Waals surface area contributed by atoms with Crippen LogP contribution in [0.15, 0.2) is 128 Å². The number of pyridine rings is 1. The zero-order valence-corrected chi connectivity index (χ0v) is 20.8. The molecule has 4 aromatic carbocycles. The Kier molecular flexibility index (Phi) is 5.30. The molecule has 4 heteroatoms. The molecule has 2 aromatic heterocycles. The molecule has 3 heterocycles. The number of nitrogens with zero attached hydrogens (tertiary/aromatic N) is 3. The van der Waals surface area contributed by atoms with Gasteiger partial charge >= 0.3 is 0 Å². The Morgan fingerprint density at radius 3 is 2.18 bits per heavy atom. The van der Waals surface area contributed by atoms with Gasteiger partial charge in [0.25, 0.3) is 0 Å². The number of nitrogen functional groups attached to an aromatic ring is 1. The van der Waals surface area contributed by atoms with E-state index in [1.807, 2.05) is 30.5 Å². The molecule has 0 bridgehead atoms. The smallest absolute Gasteiger partial charge is 0.133 e. The quantitative estimate of drug-likeness (QED) is 0.273. The molecule has 0 fully saturated rings. The monoisotopic (exact) mass is 490 g/mol. The van der Waals surface area contributed by atoms with Crippen molar-refractivity contribution in [2.24, 2.45) is 0 Å². The van der Waals surface area contributed by atoms with Gasteiger partial charge < -0.3 is 10.6 Å². The number of aromatic nitrogens is 2. The Labute approximate surface area is 221 Å². The maximum absolute atomic E-state index is 6.86. The average molecular weight is 491 g/mol. The highest BCUT2D eigenvalue weighted by atomic mass is 15.2. The largest absolute Gasteiger partial charge is 0.384 e. The van der Waals surface area contributed by atoms with Crippen molar-refractivity contribution in [3.8, 4) is 16.8 Å². The van der Waals surface area contributed by atoms with Crippen LogP contribution in [-0.2, 0) is 0 Å². The van der Waals surface area contributed by atoms with Crippen LogP contribution in [0.25, 0.3) is 39.4 Å². The number of para-hydroxylation sites is 3. The minimum atomic E-state index is 0.724. The van der Waals surface area contributed by atoms with Gasteiger partial charge in [-0.3, -0.25) is 4.57 Å². The van der Waals surface area contributed by atoms with E-state index in [1.165, 1.54) is 16.7 Å². The van der Waals surface area contributed by atoms with Crippen molar-refractivity contribution in [3.63, 3.8) is 0 Å². The van der Waals surface area contributed by atoms with Gasteiger partial charge in [-0.25, -0.2) is 4.98 Å². The topological polar surface area (TPSA) is 47.1 Å². The fourth-order valence-electron chi connectivity index (χ4n) is 5.46. The molecule has 0 spiro atoms. The van der Waals surface area contributed by atoms with Gasteiger partial charge in [-0.1, -0.05) is 84.9 Å². The normalized spacial score (nSPS) is 13.8. The van der Waals surface area contributed by atoms with Crippen LogP contribution >= 0.6 is 0 Å². The number of rotatable bonds is 4. The third-order valence-electron chi connectivity index (χ3n) is 7.29. The SMILES string of the molecule is Nc1c(/C=C2\CN(c3ccc(-c4ccccc4)cn3)c3ccccc32)c2ccccc2n1-c1ccccc1. The highest BCUT2D eigenvalue weighted by molar-refractivity contribution is 6.04. The third-order valence-corrected chi connectivity index (χ3v) is 7.29. The molecule has 7 rings (SSSR count). The van der Waals surface area contributed by atoms with E-state index in [2.05, 4.69) is 113 Å². The molecule has 0 atom stereocenters. The summed E-state index contributed by atoms with van der Waals surface area (Å²) in [4.78, 5) is 7.14. The van der Waals surface area contributed by atoms with E-state index in [4.69, 9.17) is 10.7 Å². The van der Waals surface area contributed by atoms with E-state index in [9.17, 15) is 0 Å². The highest BCUT2D eigenvalue weighted by Gasteiger charge is 2.26. The first-order valence-electron chi connectivity index (χ1n) is 12.8. The first-order valence-corrected chi connectivity index (χ1v) is 12.8. The van der Waals surface area contributed by atoms with Gasteiger partial charge in [0.1, 0.15) is 11.6 Å². The number of hydrogen-bond donors (Lipinski definition) is 1. The second-order valence-corrected chi connectivity index (χ2v) is 9.53. The van der Waals surface area contributed by atoms with E-state index in [-0.39, 0.29) is 0 Å². The molecule has 2 N–H and O–H groups in total. The minimum absolute atomic E-state index is 0.724. The Hall–Kier alpha value is -5.09. The van der Waals surface area contributed by atoms with E-state index in [0.717, 1.165) is 51.6 Å². The number of benzene rings is 4. The molecule has 182 valence electrons. The van der Waals surface area contributed by atoms with Gasteiger partial charge in [-0.05, 0) is 53.6 Å². The van der Waals surface area contributed by atoms with E-state index < -0.39 is 0 Å². The molecule has 0 saturated heterocycles. The van der Waals surface area contributed by atoms with Crippen molar-refractivity contribution in [3.05, 3.63) is 139 Å². The van der Waals surface area contributed by atoms with Crippen molar-refractivity contribution in [1.29, 1.82) is 0 Å². The second kappa shape index (κ2) is 9.09. The molecule has 1 aliphatic heterocycles. The number of nitrogens with two attached hydrogens (primary N) is 1. The summed E-state index contributed by atoms with van der Waals surface area (Å²) in [6.45, 7) is 0.724.